The van der Waals surface area contributed by atoms with Crippen molar-refractivity contribution in [2.45, 2.75) is 18.4 Å². The van der Waals surface area contributed by atoms with Crippen LogP contribution in [0.5, 0.6) is 5.75 Å². The van der Waals surface area contributed by atoms with Crippen LogP contribution >= 0.6 is 0 Å². The van der Waals surface area contributed by atoms with Crippen LogP contribution in [0.3, 0.4) is 0 Å². The Morgan fingerprint density at radius 3 is 2.36 bits per heavy atom. The normalized spacial score (nSPS) is 16.9. The molecule has 2 N–H and O–H groups in total. The van der Waals surface area contributed by atoms with Crippen LogP contribution in [0.1, 0.15) is 23.2 Å². The minimum atomic E-state index is -1.72. The number of benzene rings is 1. The molecule has 0 aromatic heterocycles. The van der Waals surface area contributed by atoms with Gasteiger partial charge in [0.15, 0.2) is 5.60 Å². The topological polar surface area (TPSA) is 87.1 Å². The van der Waals surface area contributed by atoms with Gasteiger partial charge in [-0.05, 0) is 24.3 Å². The first kappa shape index (κ1) is 16.0. The molecule has 0 unspecified atom stereocenters. The lowest BCUT2D eigenvalue weighted by atomic mass is 9.91. The van der Waals surface area contributed by atoms with E-state index in [-0.39, 0.29) is 31.8 Å². The van der Waals surface area contributed by atoms with Crippen LogP contribution in [-0.2, 0) is 4.79 Å². The molecule has 118 valence electrons. The average Bonchev–Trinajstić information content (AvgIpc) is 2.53. The van der Waals surface area contributed by atoms with Crippen molar-refractivity contribution in [3.63, 3.8) is 0 Å². The zero-order valence-corrected chi connectivity index (χ0v) is 12.2. The maximum atomic E-state index is 12.3. The molecule has 2 rings (SSSR count). The van der Waals surface area contributed by atoms with Crippen molar-refractivity contribution in [2.24, 2.45) is 0 Å². The van der Waals surface area contributed by atoms with Gasteiger partial charge in [0, 0.05) is 31.5 Å². The Hall–Kier alpha value is -2.34. The number of aliphatic hydroxyl groups is 1. The molecule has 1 fully saturated rings. The van der Waals surface area contributed by atoms with Crippen LogP contribution < -0.4 is 4.74 Å². The average molecular weight is 305 g/mol. The molecule has 6 heteroatoms. The van der Waals surface area contributed by atoms with Crippen LogP contribution in [-0.4, -0.2) is 52.3 Å². The number of ether oxygens (including phenoxy) is 1. The van der Waals surface area contributed by atoms with E-state index in [9.17, 15) is 14.7 Å². The van der Waals surface area contributed by atoms with E-state index < -0.39 is 11.6 Å². The molecule has 1 heterocycles. The molecule has 0 spiro atoms. The van der Waals surface area contributed by atoms with E-state index in [1.807, 2.05) is 0 Å². The van der Waals surface area contributed by atoms with Crippen LogP contribution in [0.4, 0.5) is 0 Å². The molecule has 1 aliphatic rings. The van der Waals surface area contributed by atoms with Crippen LogP contribution in [0.2, 0.25) is 0 Å². The van der Waals surface area contributed by atoms with Crippen LogP contribution in [0.25, 0.3) is 0 Å². The fraction of sp³-hybridized carbons (Fsp3) is 0.375. The number of amides is 1. The van der Waals surface area contributed by atoms with Gasteiger partial charge in [-0.1, -0.05) is 12.7 Å². The molecule has 0 bridgehead atoms. The van der Waals surface area contributed by atoms with E-state index in [1.54, 1.807) is 35.2 Å². The van der Waals surface area contributed by atoms with Crippen LogP contribution in [0.15, 0.2) is 36.9 Å². The predicted molar refractivity (Wildman–Crippen MR) is 79.9 cm³/mol. The molecule has 0 radical (unpaired) electrons. The molecule has 1 aliphatic heterocycles. The Morgan fingerprint density at radius 2 is 1.86 bits per heavy atom. The molecule has 0 saturated carbocycles. The molecule has 0 atom stereocenters. The van der Waals surface area contributed by atoms with E-state index in [0.717, 1.165) is 0 Å². The first-order chi connectivity index (χ1) is 10.5. The summed E-state index contributed by atoms with van der Waals surface area (Å²) < 4.78 is 5.35. The molecular weight excluding hydrogens is 286 g/mol. The van der Waals surface area contributed by atoms with Gasteiger partial charge in [-0.25, -0.2) is 4.79 Å². The minimum absolute atomic E-state index is 0.0363. The Labute approximate surface area is 128 Å². The first-order valence-corrected chi connectivity index (χ1v) is 7.05. The molecule has 6 nitrogen and oxygen atoms in total. The number of carboxylic acids is 1. The third kappa shape index (κ3) is 3.46. The number of hydrogen-bond acceptors (Lipinski definition) is 4. The smallest absolute Gasteiger partial charge is 0.335 e. The molecule has 1 aromatic rings. The summed E-state index contributed by atoms with van der Waals surface area (Å²) in [7, 11) is 0. The maximum absolute atomic E-state index is 12.3. The summed E-state index contributed by atoms with van der Waals surface area (Å²) in [6, 6.07) is 6.74. The molecular formula is C16H19NO5. The minimum Gasteiger partial charge on any atom is -0.490 e. The highest BCUT2D eigenvalue weighted by Gasteiger charge is 2.40. The predicted octanol–water partition coefficient (Wildman–Crippen LogP) is 1.30. The summed E-state index contributed by atoms with van der Waals surface area (Å²) >= 11 is 0. The van der Waals surface area contributed by atoms with Crippen molar-refractivity contribution in [3.05, 3.63) is 42.5 Å². The van der Waals surface area contributed by atoms with E-state index in [4.69, 9.17) is 9.84 Å². The van der Waals surface area contributed by atoms with Crippen molar-refractivity contribution in [1.29, 1.82) is 0 Å². The fourth-order valence-corrected chi connectivity index (χ4v) is 2.33. The van der Waals surface area contributed by atoms with Gasteiger partial charge in [-0.3, -0.25) is 4.79 Å². The highest BCUT2D eigenvalue weighted by molar-refractivity contribution is 5.94. The fourth-order valence-electron chi connectivity index (χ4n) is 2.33. The summed E-state index contributed by atoms with van der Waals surface area (Å²) in [5, 5.41) is 18.8. The summed E-state index contributed by atoms with van der Waals surface area (Å²) in [5.41, 5.74) is -1.22. The standard InChI is InChI=1S/C16H19NO5/c1-2-11-22-13-5-3-12(4-6-13)14(18)17-9-7-16(21,8-10-17)15(19)20/h2-6,21H,1,7-11H2,(H,19,20). The molecule has 1 aromatic carbocycles. The van der Waals surface area contributed by atoms with Crippen molar-refractivity contribution in [1.82, 2.24) is 4.90 Å². The van der Waals surface area contributed by atoms with Crippen molar-refractivity contribution in [3.8, 4) is 5.75 Å². The lowest BCUT2D eigenvalue weighted by Gasteiger charge is -2.35. The third-order valence-corrected chi connectivity index (χ3v) is 3.75. The largest absolute Gasteiger partial charge is 0.490 e. The van der Waals surface area contributed by atoms with Gasteiger partial charge in [0.1, 0.15) is 12.4 Å². The Morgan fingerprint density at radius 1 is 1.27 bits per heavy atom. The lowest BCUT2D eigenvalue weighted by molar-refractivity contribution is -0.162. The van der Waals surface area contributed by atoms with Crippen molar-refractivity contribution >= 4 is 11.9 Å². The Kier molecular flexibility index (Phi) is 4.82. The van der Waals surface area contributed by atoms with Gasteiger partial charge in [0.2, 0.25) is 0 Å². The first-order valence-electron chi connectivity index (χ1n) is 7.05. The molecule has 22 heavy (non-hydrogen) atoms. The number of hydrogen-bond donors (Lipinski definition) is 2. The maximum Gasteiger partial charge on any atom is 0.335 e. The van der Waals surface area contributed by atoms with Crippen molar-refractivity contribution < 1.29 is 24.5 Å². The summed E-state index contributed by atoms with van der Waals surface area (Å²) in [4.78, 5) is 24.9. The summed E-state index contributed by atoms with van der Waals surface area (Å²) in [5.74, 6) is -0.763. The monoisotopic (exact) mass is 305 g/mol. The van der Waals surface area contributed by atoms with E-state index in [2.05, 4.69) is 6.58 Å². The third-order valence-electron chi connectivity index (χ3n) is 3.75. The second kappa shape index (κ2) is 6.62. The van der Waals surface area contributed by atoms with E-state index in [0.29, 0.717) is 17.9 Å². The SMILES string of the molecule is C=CCOc1ccc(C(=O)N2CCC(O)(C(=O)O)CC2)cc1. The number of carbonyl (C=O) groups excluding carboxylic acids is 1. The lowest BCUT2D eigenvalue weighted by Crippen LogP contribution is -2.50. The zero-order chi connectivity index (χ0) is 16.2. The van der Waals surface area contributed by atoms with Gasteiger partial charge < -0.3 is 19.8 Å². The number of nitrogens with zero attached hydrogens (tertiary/aromatic N) is 1. The number of likely N-dealkylation sites (tertiary alicyclic amines) is 1. The molecule has 1 saturated heterocycles. The van der Waals surface area contributed by atoms with Gasteiger partial charge >= 0.3 is 5.97 Å². The number of carbonyl (C=O) groups is 2. The van der Waals surface area contributed by atoms with Gasteiger partial charge in [0.25, 0.3) is 5.91 Å². The highest BCUT2D eigenvalue weighted by Crippen LogP contribution is 2.24. The molecule has 0 aliphatic carbocycles. The zero-order valence-electron chi connectivity index (χ0n) is 12.2. The summed E-state index contributed by atoms with van der Waals surface area (Å²) in [6.45, 7) is 4.39. The van der Waals surface area contributed by atoms with E-state index in [1.165, 1.54) is 0 Å². The number of rotatable bonds is 5. The number of piperidine rings is 1. The van der Waals surface area contributed by atoms with Crippen LogP contribution in [0, 0.1) is 0 Å². The number of aliphatic carboxylic acids is 1. The number of carboxylic acid groups (broad SMARTS) is 1. The van der Waals surface area contributed by atoms with E-state index >= 15 is 0 Å². The summed E-state index contributed by atoms with van der Waals surface area (Å²) in [6.07, 6.45) is 1.71. The van der Waals surface area contributed by atoms with Gasteiger partial charge in [0.05, 0.1) is 0 Å². The highest BCUT2D eigenvalue weighted by atomic mass is 16.5. The molecule has 1 amide bonds. The second-order valence-electron chi connectivity index (χ2n) is 5.25. The van der Waals surface area contributed by atoms with Crippen molar-refractivity contribution in [2.75, 3.05) is 19.7 Å². The second-order valence-corrected chi connectivity index (χ2v) is 5.25. The Balaban J connectivity index is 1.98. The van der Waals surface area contributed by atoms with Gasteiger partial charge in [-0.15, -0.1) is 0 Å². The Bertz CT molecular complexity index is 558. The quantitative estimate of drug-likeness (QED) is 0.801. The van der Waals surface area contributed by atoms with Gasteiger partial charge in [-0.2, -0.15) is 0 Å².